The van der Waals surface area contributed by atoms with E-state index >= 15 is 0 Å². The molecule has 1 aliphatic rings. The first-order valence-corrected chi connectivity index (χ1v) is 10.2. The molecule has 2 rings (SSSR count). The number of ether oxygens (including phenoxy) is 1. The van der Waals surface area contributed by atoms with Gasteiger partial charge in [-0.1, -0.05) is 43.7 Å². The number of β-amino-alcohol motifs (C(OH)–C–C–N with tert-alkyl or cyclic N) is 1. The molecule has 0 aliphatic heterocycles. The van der Waals surface area contributed by atoms with Gasteiger partial charge in [-0.3, -0.25) is 0 Å². The van der Waals surface area contributed by atoms with Gasteiger partial charge in [-0.25, -0.2) is 4.79 Å². The van der Waals surface area contributed by atoms with Crippen molar-refractivity contribution in [1.29, 1.82) is 0 Å². The molecular weight excluding hydrogens is 340 g/mol. The highest BCUT2D eigenvalue weighted by atomic mass is 16.6. The van der Waals surface area contributed by atoms with Crippen LogP contribution in [0.5, 0.6) is 0 Å². The second-order valence-electron chi connectivity index (χ2n) is 8.84. The molecule has 1 saturated carbocycles. The highest BCUT2D eigenvalue weighted by Gasteiger charge is 2.36. The molecule has 1 aromatic carbocycles. The van der Waals surface area contributed by atoms with Gasteiger partial charge in [-0.05, 0) is 52.0 Å². The van der Waals surface area contributed by atoms with Crippen molar-refractivity contribution in [1.82, 2.24) is 10.6 Å². The van der Waals surface area contributed by atoms with Gasteiger partial charge < -0.3 is 20.5 Å². The van der Waals surface area contributed by atoms with E-state index in [0.717, 1.165) is 31.2 Å². The Balaban J connectivity index is 2.00. The van der Waals surface area contributed by atoms with E-state index in [1.54, 1.807) is 0 Å². The Kier molecular flexibility index (Phi) is 7.68. The smallest absolute Gasteiger partial charge is 0.407 e. The van der Waals surface area contributed by atoms with Crippen LogP contribution in [0.1, 0.15) is 65.4 Å². The SMILES string of the molecule is CCCC1(NC[C@@H](O)[C@H](Cc2ccccc2)OC(=O)NC(C)(C)C)CCC1. The van der Waals surface area contributed by atoms with Crippen molar-refractivity contribution in [2.45, 2.75) is 89.5 Å². The number of aliphatic hydroxyl groups excluding tert-OH is 1. The second-order valence-corrected chi connectivity index (χ2v) is 8.84. The van der Waals surface area contributed by atoms with E-state index in [-0.39, 0.29) is 11.1 Å². The zero-order chi connectivity index (χ0) is 19.9. The van der Waals surface area contributed by atoms with Crippen molar-refractivity contribution in [3.05, 3.63) is 35.9 Å². The first kappa shape index (κ1) is 21.7. The van der Waals surface area contributed by atoms with Crippen LogP contribution in [-0.4, -0.2) is 41.0 Å². The largest absolute Gasteiger partial charge is 0.443 e. The lowest BCUT2D eigenvalue weighted by Crippen LogP contribution is -2.55. The molecule has 5 heteroatoms. The maximum atomic E-state index is 12.3. The maximum Gasteiger partial charge on any atom is 0.407 e. The van der Waals surface area contributed by atoms with Crippen LogP contribution in [0.2, 0.25) is 0 Å². The van der Waals surface area contributed by atoms with Crippen LogP contribution in [0.3, 0.4) is 0 Å². The predicted octanol–water partition coefficient (Wildman–Crippen LogP) is 3.80. The molecular formula is C22H36N2O3. The highest BCUT2D eigenvalue weighted by molar-refractivity contribution is 5.68. The van der Waals surface area contributed by atoms with Gasteiger partial charge in [0.15, 0.2) is 0 Å². The van der Waals surface area contributed by atoms with Gasteiger partial charge in [0.25, 0.3) is 0 Å². The Morgan fingerprint density at radius 2 is 1.93 bits per heavy atom. The van der Waals surface area contributed by atoms with E-state index in [4.69, 9.17) is 4.74 Å². The van der Waals surface area contributed by atoms with Crippen LogP contribution in [0, 0.1) is 0 Å². The number of aliphatic hydroxyl groups is 1. The fourth-order valence-corrected chi connectivity index (χ4v) is 3.63. The van der Waals surface area contributed by atoms with E-state index < -0.39 is 18.3 Å². The average molecular weight is 377 g/mol. The van der Waals surface area contributed by atoms with E-state index in [1.807, 2.05) is 51.1 Å². The highest BCUT2D eigenvalue weighted by Crippen LogP contribution is 2.35. The Labute approximate surface area is 163 Å². The molecule has 1 aliphatic carbocycles. The number of carbonyl (C=O) groups excluding carboxylic acids is 1. The van der Waals surface area contributed by atoms with Crippen molar-refractivity contribution >= 4 is 6.09 Å². The summed E-state index contributed by atoms with van der Waals surface area (Å²) in [5, 5.41) is 17.2. The number of benzene rings is 1. The molecule has 1 amide bonds. The number of nitrogens with one attached hydrogen (secondary N) is 2. The minimum Gasteiger partial charge on any atom is -0.443 e. The van der Waals surface area contributed by atoms with Crippen LogP contribution in [0.25, 0.3) is 0 Å². The minimum absolute atomic E-state index is 0.153. The number of amides is 1. The topological polar surface area (TPSA) is 70.6 Å². The molecule has 0 heterocycles. The molecule has 27 heavy (non-hydrogen) atoms. The fraction of sp³-hybridized carbons (Fsp3) is 0.682. The summed E-state index contributed by atoms with van der Waals surface area (Å²) in [6.45, 7) is 8.34. The van der Waals surface area contributed by atoms with E-state index in [9.17, 15) is 9.90 Å². The quantitative estimate of drug-likeness (QED) is 0.613. The molecule has 152 valence electrons. The van der Waals surface area contributed by atoms with E-state index in [0.29, 0.717) is 13.0 Å². The molecule has 0 unspecified atom stereocenters. The summed E-state index contributed by atoms with van der Waals surface area (Å²) in [6, 6.07) is 9.84. The van der Waals surface area contributed by atoms with Crippen LogP contribution in [0.4, 0.5) is 4.79 Å². The fourth-order valence-electron chi connectivity index (χ4n) is 3.63. The minimum atomic E-state index is -0.759. The summed E-state index contributed by atoms with van der Waals surface area (Å²) in [7, 11) is 0. The predicted molar refractivity (Wildman–Crippen MR) is 109 cm³/mol. The number of carbonyl (C=O) groups is 1. The Hall–Kier alpha value is -1.59. The monoisotopic (exact) mass is 376 g/mol. The Morgan fingerprint density at radius 1 is 1.26 bits per heavy atom. The molecule has 0 saturated heterocycles. The third-order valence-corrected chi connectivity index (χ3v) is 5.17. The molecule has 5 nitrogen and oxygen atoms in total. The van der Waals surface area contributed by atoms with Gasteiger partial charge >= 0.3 is 6.09 Å². The van der Waals surface area contributed by atoms with E-state index in [2.05, 4.69) is 17.6 Å². The third-order valence-electron chi connectivity index (χ3n) is 5.17. The number of rotatable bonds is 9. The Morgan fingerprint density at radius 3 is 2.44 bits per heavy atom. The first-order chi connectivity index (χ1) is 12.7. The molecule has 1 aromatic rings. The van der Waals surface area contributed by atoms with Gasteiger partial charge in [-0.15, -0.1) is 0 Å². The zero-order valence-electron chi connectivity index (χ0n) is 17.3. The van der Waals surface area contributed by atoms with Crippen LogP contribution < -0.4 is 10.6 Å². The van der Waals surface area contributed by atoms with Crippen molar-refractivity contribution in [3.63, 3.8) is 0 Å². The average Bonchev–Trinajstić information content (AvgIpc) is 2.55. The van der Waals surface area contributed by atoms with Crippen molar-refractivity contribution in [3.8, 4) is 0 Å². The second kappa shape index (κ2) is 9.56. The number of alkyl carbamates (subject to hydrolysis) is 1. The third kappa shape index (κ3) is 7.15. The molecule has 0 spiro atoms. The van der Waals surface area contributed by atoms with Gasteiger partial charge in [0.1, 0.15) is 12.2 Å². The van der Waals surface area contributed by atoms with Crippen LogP contribution in [-0.2, 0) is 11.2 Å². The molecule has 0 radical (unpaired) electrons. The summed E-state index contributed by atoms with van der Waals surface area (Å²) in [5.41, 5.74) is 0.812. The van der Waals surface area contributed by atoms with Gasteiger partial charge in [0.2, 0.25) is 0 Å². The number of hydrogen-bond acceptors (Lipinski definition) is 4. The molecule has 2 atom stereocenters. The lowest BCUT2D eigenvalue weighted by Gasteiger charge is -2.44. The van der Waals surface area contributed by atoms with Gasteiger partial charge in [0, 0.05) is 24.0 Å². The van der Waals surface area contributed by atoms with Crippen molar-refractivity contribution in [2.75, 3.05) is 6.54 Å². The molecule has 0 aromatic heterocycles. The van der Waals surface area contributed by atoms with E-state index in [1.165, 1.54) is 6.42 Å². The number of hydrogen-bond donors (Lipinski definition) is 3. The molecule has 1 fully saturated rings. The summed E-state index contributed by atoms with van der Waals surface area (Å²) < 4.78 is 5.63. The molecule has 0 bridgehead atoms. The van der Waals surface area contributed by atoms with Gasteiger partial charge in [0.05, 0.1) is 0 Å². The van der Waals surface area contributed by atoms with Crippen LogP contribution >= 0.6 is 0 Å². The van der Waals surface area contributed by atoms with Crippen LogP contribution in [0.15, 0.2) is 30.3 Å². The summed E-state index contributed by atoms with van der Waals surface area (Å²) in [6.07, 6.45) is 4.43. The van der Waals surface area contributed by atoms with Gasteiger partial charge in [-0.2, -0.15) is 0 Å². The summed E-state index contributed by atoms with van der Waals surface area (Å²) >= 11 is 0. The zero-order valence-corrected chi connectivity index (χ0v) is 17.3. The normalized spacial score (nSPS) is 18.3. The lowest BCUT2D eigenvalue weighted by atomic mass is 9.73. The van der Waals surface area contributed by atoms with Crippen molar-refractivity contribution < 1.29 is 14.6 Å². The summed E-state index contributed by atoms with van der Waals surface area (Å²) in [4.78, 5) is 12.3. The van der Waals surface area contributed by atoms with Crippen molar-refractivity contribution in [2.24, 2.45) is 0 Å². The standard InChI is InChI=1S/C22H36N2O3/c1-5-12-22(13-9-14-22)23-16-18(25)19(15-17-10-7-6-8-11-17)27-20(26)24-21(2,3)4/h6-8,10-11,18-19,23,25H,5,9,12-16H2,1-4H3,(H,24,26)/t18-,19+/m1/s1. The Bertz CT molecular complexity index is 579. The summed E-state index contributed by atoms with van der Waals surface area (Å²) in [5.74, 6) is 0. The lowest BCUT2D eigenvalue weighted by molar-refractivity contribution is -0.00579. The molecule has 3 N–H and O–H groups in total. The first-order valence-electron chi connectivity index (χ1n) is 10.2. The maximum absolute atomic E-state index is 12.3.